The molecule has 0 aliphatic rings. The highest BCUT2D eigenvalue weighted by atomic mass is 127. The number of aryl methyl sites for hydroxylation is 1. The Morgan fingerprint density at radius 1 is 1.33 bits per heavy atom. The Bertz CT molecular complexity index is 622. The second-order valence-corrected chi connectivity index (χ2v) is 6.95. The highest BCUT2D eigenvalue weighted by molar-refractivity contribution is 14.1. The maximum atomic E-state index is 14.0. The zero-order chi connectivity index (χ0) is 15.6. The SMILES string of the molecule is CCC(CC)C(C)n1c(CCCl)nc2cc(I)c(F)cc21. The van der Waals surface area contributed by atoms with Gasteiger partial charge >= 0.3 is 0 Å². The topological polar surface area (TPSA) is 17.8 Å². The highest BCUT2D eigenvalue weighted by Crippen LogP contribution is 2.31. The third kappa shape index (κ3) is 3.36. The van der Waals surface area contributed by atoms with Gasteiger partial charge in [0, 0.05) is 24.4 Å². The minimum Gasteiger partial charge on any atom is -0.325 e. The summed E-state index contributed by atoms with van der Waals surface area (Å²) in [5.41, 5.74) is 1.74. The Hall–Kier alpha value is -0.360. The first kappa shape index (κ1) is 17.0. The number of fused-ring (bicyclic) bond motifs is 1. The summed E-state index contributed by atoms with van der Waals surface area (Å²) in [6, 6.07) is 3.72. The molecule has 0 bridgehead atoms. The number of halogens is 3. The summed E-state index contributed by atoms with van der Waals surface area (Å²) in [4.78, 5) is 4.68. The summed E-state index contributed by atoms with van der Waals surface area (Å²) in [6.07, 6.45) is 2.91. The van der Waals surface area contributed by atoms with Crippen LogP contribution in [0.5, 0.6) is 0 Å². The molecule has 0 aliphatic carbocycles. The summed E-state index contributed by atoms with van der Waals surface area (Å²) in [5.74, 6) is 1.86. The van der Waals surface area contributed by atoms with E-state index in [9.17, 15) is 4.39 Å². The molecule has 0 N–H and O–H groups in total. The smallest absolute Gasteiger partial charge is 0.138 e. The maximum Gasteiger partial charge on any atom is 0.138 e. The predicted molar refractivity (Wildman–Crippen MR) is 95.6 cm³/mol. The standard InChI is InChI=1S/C16H21ClFIN2/c1-4-11(5-2)10(3)21-15-8-12(18)13(19)9-14(15)20-16(21)6-7-17/h8-11H,4-7H2,1-3H3. The monoisotopic (exact) mass is 422 g/mol. The van der Waals surface area contributed by atoms with Gasteiger partial charge in [-0.15, -0.1) is 11.6 Å². The Kier molecular flexibility index (Phi) is 5.88. The van der Waals surface area contributed by atoms with Gasteiger partial charge in [-0.05, 0) is 41.5 Å². The van der Waals surface area contributed by atoms with Crippen molar-refractivity contribution in [3.8, 4) is 0 Å². The Labute approximate surface area is 144 Å². The van der Waals surface area contributed by atoms with E-state index in [-0.39, 0.29) is 5.82 Å². The van der Waals surface area contributed by atoms with E-state index in [0.717, 1.165) is 29.7 Å². The molecular formula is C16H21ClFIN2. The largest absolute Gasteiger partial charge is 0.325 e. The molecule has 2 rings (SSSR count). The van der Waals surface area contributed by atoms with E-state index in [1.165, 1.54) is 0 Å². The molecule has 0 aliphatic heterocycles. The summed E-state index contributed by atoms with van der Waals surface area (Å²) in [7, 11) is 0. The van der Waals surface area contributed by atoms with Crippen LogP contribution in [-0.2, 0) is 6.42 Å². The minimum atomic E-state index is -0.182. The summed E-state index contributed by atoms with van der Waals surface area (Å²) in [5, 5.41) is 0. The van der Waals surface area contributed by atoms with Crippen LogP contribution in [0.1, 0.15) is 45.5 Å². The van der Waals surface area contributed by atoms with Crippen molar-refractivity contribution >= 4 is 45.2 Å². The third-order valence-corrected chi connectivity index (χ3v) is 5.28. The fraction of sp³-hybridized carbons (Fsp3) is 0.562. The number of benzene rings is 1. The van der Waals surface area contributed by atoms with E-state index in [2.05, 4.69) is 30.3 Å². The van der Waals surface area contributed by atoms with Crippen molar-refractivity contribution in [2.24, 2.45) is 5.92 Å². The lowest BCUT2D eigenvalue weighted by Gasteiger charge is -2.25. The van der Waals surface area contributed by atoms with Gasteiger partial charge in [-0.3, -0.25) is 0 Å². The number of imidazole rings is 1. The molecule has 5 heteroatoms. The van der Waals surface area contributed by atoms with E-state index in [1.54, 1.807) is 6.07 Å². The van der Waals surface area contributed by atoms with Gasteiger partial charge in [-0.1, -0.05) is 26.7 Å². The average molecular weight is 423 g/mol. The summed E-state index contributed by atoms with van der Waals surface area (Å²) < 4.78 is 16.8. The lowest BCUT2D eigenvalue weighted by molar-refractivity contribution is 0.333. The van der Waals surface area contributed by atoms with E-state index < -0.39 is 0 Å². The quantitative estimate of drug-likeness (QED) is 0.440. The molecule has 21 heavy (non-hydrogen) atoms. The van der Waals surface area contributed by atoms with Crippen LogP contribution in [-0.4, -0.2) is 15.4 Å². The van der Waals surface area contributed by atoms with Crippen molar-refractivity contribution in [1.29, 1.82) is 0 Å². The van der Waals surface area contributed by atoms with Crippen molar-refractivity contribution in [1.82, 2.24) is 9.55 Å². The van der Waals surface area contributed by atoms with Gasteiger partial charge in [-0.25, -0.2) is 9.37 Å². The van der Waals surface area contributed by atoms with Crippen molar-refractivity contribution in [3.63, 3.8) is 0 Å². The molecule has 0 fully saturated rings. The molecule has 1 aromatic carbocycles. The van der Waals surface area contributed by atoms with Crippen LogP contribution in [0.4, 0.5) is 4.39 Å². The molecule has 116 valence electrons. The van der Waals surface area contributed by atoms with E-state index in [1.807, 2.05) is 28.7 Å². The fourth-order valence-electron chi connectivity index (χ4n) is 3.04. The molecule has 1 heterocycles. The first-order chi connectivity index (χ1) is 10.0. The average Bonchev–Trinajstić information content (AvgIpc) is 2.78. The van der Waals surface area contributed by atoms with Gasteiger partial charge < -0.3 is 4.57 Å². The van der Waals surface area contributed by atoms with Gasteiger partial charge in [-0.2, -0.15) is 0 Å². The molecule has 0 saturated heterocycles. The van der Waals surface area contributed by atoms with Crippen LogP contribution in [0.2, 0.25) is 0 Å². The minimum absolute atomic E-state index is 0.182. The van der Waals surface area contributed by atoms with Crippen molar-refractivity contribution in [3.05, 3.63) is 27.3 Å². The Morgan fingerprint density at radius 2 is 2.00 bits per heavy atom. The van der Waals surface area contributed by atoms with Gasteiger partial charge in [0.15, 0.2) is 0 Å². The number of alkyl halides is 1. The maximum absolute atomic E-state index is 14.0. The van der Waals surface area contributed by atoms with Gasteiger partial charge in [0.2, 0.25) is 0 Å². The molecule has 0 saturated carbocycles. The number of nitrogens with zero attached hydrogens (tertiary/aromatic N) is 2. The van der Waals surface area contributed by atoms with Crippen LogP contribution >= 0.6 is 34.2 Å². The molecule has 0 amide bonds. The molecule has 1 aromatic heterocycles. The van der Waals surface area contributed by atoms with Crippen LogP contribution in [0.25, 0.3) is 11.0 Å². The van der Waals surface area contributed by atoms with Crippen molar-refractivity contribution < 1.29 is 4.39 Å². The molecule has 1 atom stereocenters. The normalized spacial score (nSPS) is 13.3. The number of aromatic nitrogens is 2. The molecule has 2 aromatic rings. The van der Waals surface area contributed by atoms with E-state index in [0.29, 0.717) is 27.8 Å². The fourth-order valence-corrected chi connectivity index (χ4v) is 3.66. The first-order valence-corrected chi connectivity index (χ1v) is 9.06. The molecule has 0 radical (unpaired) electrons. The van der Waals surface area contributed by atoms with E-state index in [4.69, 9.17) is 11.6 Å². The molecule has 0 spiro atoms. The lowest BCUT2D eigenvalue weighted by atomic mass is 9.95. The van der Waals surface area contributed by atoms with Gasteiger partial charge in [0.1, 0.15) is 11.6 Å². The number of hydrogen-bond donors (Lipinski definition) is 0. The second-order valence-electron chi connectivity index (χ2n) is 5.41. The van der Waals surface area contributed by atoms with Crippen molar-refractivity contribution in [2.45, 2.75) is 46.1 Å². The molecule has 2 nitrogen and oxygen atoms in total. The zero-order valence-electron chi connectivity index (χ0n) is 12.7. The van der Waals surface area contributed by atoms with Crippen molar-refractivity contribution in [2.75, 3.05) is 5.88 Å². The van der Waals surface area contributed by atoms with E-state index >= 15 is 0 Å². The Morgan fingerprint density at radius 3 is 2.57 bits per heavy atom. The third-order valence-electron chi connectivity index (χ3n) is 4.26. The molecule has 1 unspecified atom stereocenters. The predicted octanol–water partition coefficient (Wildman–Crippen LogP) is 5.56. The zero-order valence-corrected chi connectivity index (χ0v) is 15.6. The van der Waals surface area contributed by atoms with Gasteiger partial charge in [0.05, 0.1) is 14.6 Å². The Balaban J connectivity index is 2.62. The summed E-state index contributed by atoms with van der Waals surface area (Å²) in [6.45, 7) is 6.61. The second kappa shape index (κ2) is 7.27. The number of hydrogen-bond acceptors (Lipinski definition) is 1. The highest BCUT2D eigenvalue weighted by Gasteiger charge is 2.22. The van der Waals surface area contributed by atoms with Gasteiger partial charge in [0.25, 0.3) is 0 Å². The summed E-state index contributed by atoms with van der Waals surface area (Å²) >= 11 is 7.93. The molecular weight excluding hydrogens is 402 g/mol. The van der Waals surface area contributed by atoms with Crippen LogP contribution in [0, 0.1) is 15.3 Å². The van der Waals surface area contributed by atoms with Crippen LogP contribution < -0.4 is 0 Å². The number of rotatable bonds is 6. The van der Waals surface area contributed by atoms with Crippen LogP contribution in [0.15, 0.2) is 12.1 Å². The first-order valence-electron chi connectivity index (χ1n) is 7.45. The van der Waals surface area contributed by atoms with Crippen LogP contribution in [0.3, 0.4) is 0 Å². The lowest BCUT2D eigenvalue weighted by Crippen LogP contribution is -2.18.